The van der Waals surface area contributed by atoms with Gasteiger partial charge >= 0.3 is 7.05 Å². The van der Waals surface area contributed by atoms with Crippen LogP contribution in [0.15, 0.2) is 48.5 Å². The van der Waals surface area contributed by atoms with Gasteiger partial charge in [0.15, 0.2) is 23.0 Å². The fraction of sp³-hybridized carbons (Fsp3) is 0.404. The number of methoxy groups -OCH3 is 8. The van der Waals surface area contributed by atoms with E-state index in [-0.39, 0.29) is 61.9 Å². The number of nitrogens with two attached hydrogens (primary N) is 1. The largest absolute Gasteiger partial charge is 0.497 e. The lowest BCUT2D eigenvalue weighted by atomic mass is 9.89. The first-order valence-corrected chi connectivity index (χ1v) is 21.5. The van der Waals surface area contributed by atoms with Crippen LogP contribution >= 0.6 is 0 Å². The Bertz CT molecular complexity index is 2420. The lowest BCUT2D eigenvalue weighted by Gasteiger charge is -2.22. The molecule has 0 saturated heterocycles. The third kappa shape index (κ3) is 12.1. The molecule has 0 radical (unpaired) electrons. The van der Waals surface area contributed by atoms with Gasteiger partial charge in [0.25, 0.3) is 0 Å². The number of hydrogen-bond donors (Lipinski definition) is 7. The number of carbonyl (C=O) groups excluding carboxylic acids is 4. The maximum absolute atomic E-state index is 12.7. The van der Waals surface area contributed by atoms with Crippen molar-refractivity contribution in [2.75, 3.05) is 83.1 Å². The van der Waals surface area contributed by atoms with Gasteiger partial charge in [0, 0.05) is 11.1 Å². The second-order valence-corrected chi connectivity index (χ2v) is 15.4. The first kappa shape index (κ1) is 51.1. The molecule has 67 heavy (non-hydrogen) atoms. The van der Waals surface area contributed by atoms with E-state index in [0.717, 1.165) is 44.5 Å². The lowest BCUT2D eigenvalue weighted by Crippen LogP contribution is -2.44. The second-order valence-electron chi connectivity index (χ2n) is 15.4. The van der Waals surface area contributed by atoms with Crippen molar-refractivity contribution in [1.82, 2.24) is 26.5 Å². The third-order valence-electron chi connectivity index (χ3n) is 11.3. The number of amides is 4. The Morgan fingerprint density at radius 3 is 1.34 bits per heavy atom. The van der Waals surface area contributed by atoms with E-state index in [1.165, 1.54) is 6.82 Å². The molecule has 0 aromatic heterocycles. The van der Waals surface area contributed by atoms with Crippen LogP contribution in [0.25, 0.3) is 22.3 Å². The highest BCUT2D eigenvalue weighted by Crippen LogP contribution is 2.52. The summed E-state index contributed by atoms with van der Waals surface area (Å²) in [5, 5.41) is 22.9. The molecule has 360 valence electrons. The Hall–Kier alpha value is -6.90. The Morgan fingerprint density at radius 1 is 0.567 bits per heavy atom. The topological polar surface area (TPSA) is 249 Å². The number of nitrogens with one attached hydrogen (secondary N) is 5. The van der Waals surface area contributed by atoms with E-state index in [1.807, 2.05) is 48.5 Å². The molecule has 4 aromatic carbocycles. The van der Waals surface area contributed by atoms with Crippen molar-refractivity contribution in [3.05, 3.63) is 70.8 Å². The van der Waals surface area contributed by atoms with Crippen LogP contribution in [0.5, 0.6) is 46.0 Å². The molecule has 0 unspecified atom stereocenters. The van der Waals surface area contributed by atoms with Gasteiger partial charge in [-0.3, -0.25) is 19.2 Å². The molecule has 2 aliphatic carbocycles. The van der Waals surface area contributed by atoms with Gasteiger partial charge in [0.2, 0.25) is 35.1 Å². The Morgan fingerprint density at radius 2 is 0.985 bits per heavy atom. The van der Waals surface area contributed by atoms with Gasteiger partial charge in [-0.05, 0) is 102 Å². The summed E-state index contributed by atoms with van der Waals surface area (Å²) in [4.78, 5) is 48.6. The van der Waals surface area contributed by atoms with Gasteiger partial charge in [-0.25, -0.2) is 0 Å². The van der Waals surface area contributed by atoms with Crippen LogP contribution in [-0.2, 0) is 32.0 Å². The summed E-state index contributed by atoms with van der Waals surface area (Å²) in [5.41, 5.74) is 12.6. The molecule has 2 aliphatic rings. The van der Waals surface area contributed by atoms with Crippen LogP contribution in [0.3, 0.4) is 0 Å². The minimum Gasteiger partial charge on any atom is -0.497 e. The lowest BCUT2D eigenvalue weighted by molar-refractivity contribution is -0.125. The number of rotatable bonds is 18. The molecule has 20 heteroatoms. The second kappa shape index (κ2) is 24.0. The highest BCUT2D eigenvalue weighted by molar-refractivity contribution is 6.45. The highest BCUT2D eigenvalue weighted by atomic mass is 16.5. The normalized spacial score (nSPS) is 14.2. The minimum absolute atomic E-state index is 0.0901. The zero-order valence-electron chi connectivity index (χ0n) is 39.4. The molecule has 0 saturated carbocycles. The van der Waals surface area contributed by atoms with Gasteiger partial charge in [0.05, 0.1) is 95.1 Å². The van der Waals surface area contributed by atoms with E-state index >= 15 is 0 Å². The molecule has 0 spiro atoms. The van der Waals surface area contributed by atoms with Gasteiger partial charge in [-0.1, -0.05) is 12.1 Å². The minimum atomic E-state index is -0.817. The van der Waals surface area contributed by atoms with E-state index in [9.17, 15) is 24.2 Å². The van der Waals surface area contributed by atoms with Crippen LogP contribution in [-0.4, -0.2) is 119 Å². The predicted molar refractivity (Wildman–Crippen MR) is 251 cm³/mol. The van der Waals surface area contributed by atoms with Crippen LogP contribution in [0, 0.1) is 0 Å². The number of fused-ring (bicyclic) bond motifs is 6. The molecule has 19 nitrogen and oxygen atoms in total. The predicted octanol–water partition coefficient (Wildman–Crippen LogP) is 2.87. The van der Waals surface area contributed by atoms with E-state index in [1.54, 1.807) is 56.9 Å². The van der Waals surface area contributed by atoms with E-state index in [0.29, 0.717) is 71.7 Å². The molecule has 0 fully saturated rings. The average molecular weight is 929 g/mol. The molecule has 4 aromatic rings. The smallest absolute Gasteiger partial charge is 0.374 e. The van der Waals surface area contributed by atoms with Crippen LogP contribution in [0.1, 0.15) is 47.2 Å². The van der Waals surface area contributed by atoms with Crippen molar-refractivity contribution in [2.24, 2.45) is 5.73 Å². The quantitative estimate of drug-likeness (QED) is 0.0710. The van der Waals surface area contributed by atoms with Crippen molar-refractivity contribution < 1.29 is 62.1 Å². The number of ether oxygens (including phenoxy) is 8. The summed E-state index contributed by atoms with van der Waals surface area (Å²) in [6.07, 6.45) is 2.53. The summed E-state index contributed by atoms with van der Waals surface area (Å²) in [6, 6.07) is 14.6. The first-order chi connectivity index (χ1) is 32.3. The molecule has 4 amide bonds. The van der Waals surface area contributed by atoms with Gasteiger partial charge in [-0.2, -0.15) is 0 Å². The summed E-state index contributed by atoms with van der Waals surface area (Å²) in [6.45, 7) is 0.913. The maximum atomic E-state index is 12.7. The van der Waals surface area contributed by atoms with Crippen molar-refractivity contribution >= 4 is 30.7 Å². The fourth-order valence-electron chi connectivity index (χ4n) is 8.20. The molecule has 2 atom stereocenters. The summed E-state index contributed by atoms with van der Waals surface area (Å²) in [7, 11) is 11.8. The Kier molecular flexibility index (Phi) is 18.3. The van der Waals surface area contributed by atoms with Gasteiger partial charge in [-0.15, -0.1) is 0 Å². The summed E-state index contributed by atoms with van der Waals surface area (Å²) in [5.74, 6) is 3.16. The molecule has 6 rings (SSSR count). The first-order valence-electron chi connectivity index (χ1n) is 21.5. The van der Waals surface area contributed by atoms with Crippen molar-refractivity contribution in [3.8, 4) is 68.2 Å². The average Bonchev–Trinajstić information content (AvgIpc) is 3.59. The zero-order chi connectivity index (χ0) is 48.8. The van der Waals surface area contributed by atoms with Crippen molar-refractivity contribution in [3.63, 3.8) is 0 Å². The van der Waals surface area contributed by atoms with Crippen molar-refractivity contribution in [1.29, 1.82) is 0 Å². The monoisotopic (exact) mass is 928 g/mol. The Balaban J connectivity index is 0.000000252. The van der Waals surface area contributed by atoms with Crippen LogP contribution in [0.2, 0.25) is 6.82 Å². The van der Waals surface area contributed by atoms with Crippen molar-refractivity contribution in [2.45, 2.75) is 44.6 Å². The highest BCUT2D eigenvalue weighted by Gasteiger charge is 2.32. The van der Waals surface area contributed by atoms with Crippen LogP contribution < -0.4 is 70.1 Å². The standard InChI is InChI=1S/C24H32BN3O7.C23H29N3O6/c1-25(31)27-13-20(29)26-12-21(30)28-18-9-6-14-10-19(33-3)23(34-4)24(35-5)22(14)16-8-7-15(32-2)11-17(16)18;1-29-14-6-7-15-16(10-14)17(26-20(28)12-25-19(27)11-24)8-5-13-9-18(30-2)22(31-3)23(32-4)21(13)15/h7-8,10-11,18,27,31H,6,9,12-13H2,1-5H3,(H,26,29)(H,28,30);6-7,9-10,17H,5,8,11-12,24H2,1-4H3,(H,25,27)(H,26,28)/t18-;17-/m00/s1. The summed E-state index contributed by atoms with van der Waals surface area (Å²) < 4.78 is 44.7. The molecule has 0 bridgehead atoms. The van der Waals surface area contributed by atoms with Gasteiger partial charge in [0.1, 0.15) is 11.5 Å². The van der Waals surface area contributed by atoms with Gasteiger partial charge < -0.3 is 75.1 Å². The SMILES string of the molecule is COc1ccc2c(c1)[C@@H](NC(=O)CNC(=O)CN)CCc1cc(OC)c(OC)c(OC)c1-2.COc1ccc2c(c1)[C@@H](NC(=O)CNC(=O)CNB(C)O)CCc1cc(OC)c(OC)c(OC)c1-2. The number of hydrogen-bond acceptors (Lipinski definition) is 15. The summed E-state index contributed by atoms with van der Waals surface area (Å²) >= 11 is 0. The molecule has 0 aliphatic heterocycles. The Labute approximate surface area is 390 Å². The van der Waals surface area contributed by atoms with E-state index < -0.39 is 7.05 Å². The molecule has 0 heterocycles. The maximum Gasteiger partial charge on any atom is 0.374 e. The molecule has 8 N–H and O–H groups in total. The third-order valence-corrected chi connectivity index (χ3v) is 11.3. The van der Waals surface area contributed by atoms with E-state index in [2.05, 4.69) is 26.5 Å². The number of benzene rings is 4. The number of aryl methyl sites for hydroxylation is 2. The zero-order valence-corrected chi connectivity index (χ0v) is 39.4. The fourth-order valence-corrected chi connectivity index (χ4v) is 8.20. The molecular formula is C47H61BN6O13. The van der Waals surface area contributed by atoms with E-state index in [4.69, 9.17) is 43.6 Å². The molecular weight excluding hydrogens is 867 g/mol. The number of carbonyl (C=O) groups is 4. The van der Waals surface area contributed by atoms with Crippen LogP contribution in [0.4, 0.5) is 0 Å².